The summed E-state index contributed by atoms with van der Waals surface area (Å²) in [7, 11) is 0. The lowest BCUT2D eigenvalue weighted by molar-refractivity contribution is 0.0334. The summed E-state index contributed by atoms with van der Waals surface area (Å²) in [6.07, 6.45) is -0.758. The van der Waals surface area contributed by atoms with Crippen molar-refractivity contribution in [2.75, 3.05) is 13.2 Å². The molecule has 1 atom stereocenters. The molecule has 0 amide bonds. The second kappa shape index (κ2) is 6.75. The topological polar surface area (TPSA) is 78.2 Å². The second-order valence-electron chi connectivity index (χ2n) is 4.22. The Balaban J connectivity index is 1.96. The maximum Gasteiger partial charge on any atom is 0.0830 e. The molecule has 0 saturated heterocycles. The van der Waals surface area contributed by atoms with Crippen LogP contribution in [0.2, 0.25) is 0 Å². The summed E-state index contributed by atoms with van der Waals surface area (Å²) >= 11 is 0. The molecule has 0 unspecified atom stereocenters. The van der Waals surface area contributed by atoms with Gasteiger partial charge in [-0.2, -0.15) is 0 Å². The minimum absolute atomic E-state index is 0.0338. The van der Waals surface area contributed by atoms with Gasteiger partial charge in [-0.15, -0.1) is 0 Å². The third kappa shape index (κ3) is 3.69. The fourth-order valence-electron chi connectivity index (χ4n) is 1.91. The molecule has 0 saturated carbocycles. The molecule has 5 heteroatoms. The van der Waals surface area contributed by atoms with E-state index in [1.165, 1.54) is 5.39 Å². The number of hydrogen-bond donors (Lipinski definition) is 1. The lowest BCUT2D eigenvalue weighted by Crippen LogP contribution is -2.18. The maximum absolute atomic E-state index is 9.48. The summed E-state index contributed by atoms with van der Waals surface area (Å²) in [5.74, 6) is 0. The molecule has 19 heavy (non-hydrogen) atoms. The van der Waals surface area contributed by atoms with Crippen molar-refractivity contribution in [3.05, 3.63) is 58.5 Å². The smallest absolute Gasteiger partial charge is 0.0830 e. The number of benzene rings is 2. The standard InChI is InChI=1S/C14H15N3O2/c15-17-16-8-13(18)10-19-9-12-6-3-5-11-4-1-2-7-14(11)12/h1-7,13,18H,8-10H2/t13-/m1/s1. The SMILES string of the molecule is [N-]=[N+]=NC[C@@H](O)COCc1cccc2ccccc12. The van der Waals surface area contributed by atoms with Crippen molar-refractivity contribution >= 4 is 10.8 Å². The van der Waals surface area contributed by atoms with Gasteiger partial charge in [0.15, 0.2) is 0 Å². The van der Waals surface area contributed by atoms with Crippen molar-refractivity contribution in [1.29, 1.82) is 0 Å². The van der Waals surface area contributed by atoms with Crippen molar-refractivity contribution in [1.82, 2.24) is 0 Å². The van der Waals surface area contributed by atoms with Crippen molar-refractivity contribution in [2.45, 2.75) is 12.7 Å². The van der Waals surface area contributed by atoms with E-state index in [1.54, 1.807) is 0 Å². The lowest BCUT2D eigenvalue weighted by atomic mass is 10.1. The minimum atomic E-state index is -0.758. The van der Waals surface area contributed by atoms with Crippen LogP contribution in [0.15, 0.2) is 47.6 Å². The van der Waals surface area contributed by atoms with Gasteiger partial charge in [0.05, 0.1) is 25.9 Å². The molecule has 0 fully saturated rings. The molecule has 2 aromatic carbocycles. The van der Waals surface area contributed by atoms with Gasteiger partial charge in [-0.25, -0.2) is 0 Å². The molecule has 0 aromatic heterocycles. The third-order valence-electron chi connectivity index (χ3n) is 2.80. The van der Waals surface area contributed by atoms with Gasteiger partial charge in [-0.3, -0.25) is 0 Å². The zero-order chi connectivity index (χ0) is 13.5. The first kappa shape index (κ1) is 13.4. The quantitative estimate of drug-likeness (QED) is 0.490. The molecule has 0 heterocycles. The molecular weight excluding hydrogens is 242 g/mol. The highest BCUT2D eigenvalue weighted by atomic mass is 16.5. The van der Waals surface area contributed by atoms with E-state index >= 15 is 0 Å². The minimum Gasteiger partial charge on any atom is -0.391 e. The summed E-state index contributed by atoms with van der Waals surface area (Å²) in [6.45, 7) is 0.614. The summed E-state index contributed by atoms with van der Waals surface area (Å²) in [5.41, 5.74) is 9.22. The predicted octanol–water partition coefficient (Wildman–Crippen LogP) is 3.03. The first-order chi connectivity index (χ1) is 9.31. The van der Waals surface area contributed by atoms with Gasteiger partial charge in [0.1, 0.15) is 0 Å². The Morgan fingerprint density at radius 2 is 2.00 bits per heavy atom. The molecule has 0 aliphatic heterocycles. The molecule has 0 bridgehead atoms. The molecule has 5 nitrogen and oxygen atoms in total. The Kier molecular flexibility index (Phi) is 4.75. The molecule has 2 aromatic rings. The first-order valence-corrected chi connectivity index (χ1v) is 6.04. The van der Waals surface area contributed by atoms with E-state index in [0.29, 0.717) is 6.61 Å². The molecule has 2 rings (SSSR count). The number of aliphatic hydroxyl groups is 1. The Bertz CT molecular complexity index is 589. The zero-order valence-electron chi connectivity index (χ0n) is 10.4. The highest BCUT2D eigenvalue weighted by Gasteiger charge is 2.04. The third-order valence-corrected chi connectivity index (χ3v) is 2.80. The molecule has 98 valence electrons. The number of nitrogens with zero attached hydrogens (tertiary/aromatic N) is 3. The van der Waals surface area contributed by atoms with Gasteiger partial charge in [-0.05, 0) is 21.9 Å². The molecule has 1 N–H and O–H groups in total. The van der Waals surface area contributed by atoms with Crippen molar-refractivity contribution in [3.63, 3.8) is 0 Å². The highest BCUT2D eigenvalue weighted by molar-refractivity contribution is 5.85. The van der Waals surface area contributed by atoms with Crippen LogP contribution in [0, 0.1) is 0 Å². The van der Waals surface area contributed by atoms with Gasteiger partial charge in [-0.1, -0.05) is 47.6 Å². The Labute approximate surface area is 111 Å². The average molecular weight is 257 g/mol. The second-order valence-corrected chi connectivity index (χ2v) is 4.22. The van der Waals surface area contributed by atoms with Crippen LogP contribution >= 0.6 is 0 Å². The van der Waals surface area contributed by atoms with Crippen molar-refractivity contribution in [3.8, 4) is 0 Å². The molecule has 0 spiro atoms. The summed E-state index contributed by atoms with van der Waals surface area (Å²) in [4.78, 5) is 2.59. The Morgan fingerprint density at radius 3 is 2.84 bits per heavy atom. The first-order valence-electron chi connectivity index (χ1n) is 6.04. The van der Waals surface area contributed by atoms with E-state index in [0.717, 1.165) is 10.9 Å². The lowest BCUT2D eigenvalue weighted by Gasteiger charge is -2.10. The summed E-state index contributed by atoms with van der Waals surface area (Å²) < 4.78 is 5.45. The highest BCUT2D eigenvalue weighted by Crippen LogP contribution is 2.19. The largest absolute Gasteiger partial charge is 0.391 e. The Hall–Kier alpha value is -2.07. The monoisotopic (exact) mass is 257 g/mol. The number of rotatable bonds is 6. The van der Waals surface area contributed by atoms with Crippen LogP contribution < -0.4 is 0 Å². The van der Waals surface area contributed by atoms with Gasteiger partial charge >= 0.3 is 0 Å². The number of ether oxygens (including phenoxy) is 1. The van der Waals surface area contributed by atoms with Gasteiger partial charge in [0.25, 0.3) is 0 Å². The predicted molar refractivity (Wildman–Crippen MR) is 73.6 cm³/mol. The van der Waals surface area contributed by atoms with Crippen molar-refractivity contribution in [2.24, 2.45) is 5.11 Å². The van der Waals surface area contributed by atoms with Gasteiger partial charge in [0.2, 0.25) is 0 Å². The number of aliphatic hydroxyl groups excluding tert-OH is 1. The fraction of sp³-hybridized carbons (Fsp3) is 0.286. The molecule has 0 radical (unpaired) electrons. The average Bonchev–Trinajstić information content (AvgIpc) is 2.45. The van der Waals surface area contributed by atoms with Crippen LogP contribution in [0.25, 0.3) is 21.2 Å². The fourth-order valence-corrected chi connectivity index (χ4v) is 1.91. The molecular formula is C14H15N3O2. The van der Waals surface area contributed by atoms with Crippen LogP contribution in [0.1, 0.15) is 5.56 Å². The molecule has 0 aliphatic rings. The molecule has 0 aliphatic carbocycles. The van der Waals surface area contributed by atoms with E-state index in [2.05, 4.69) is 22.2 Å². The van der Waals surface area contributed by atoms with E-state index < -0.39 is 6.10 Å². The van der Waals surface area contributed by atoms with E-state index in [-0.39, 0.29) is 13.2 Å². The van der Waals surface area contributed by atoms with Gasteiger partial charge in [0, 0.05) is 4.91 Å². The van der Waals surface area contributed by atoms with Gasteiger partial charge < -0.3 is 9.84 Å². The van der Waals surface area contributed by atoms with E-state index in [1.807, 2.05) is 30.3 Å². The number of azide groups is 1. The summed E-state index contributed by atoms with van der Waals surface area (Å²) in [6, 6.07) is 14.1. The van der Waals surface area contributed by atoms with Crippen LogP contribution in [0.3, 0.4) is 0 Å². The van der Waals surface area contributed by atoms with Crippen LogP contribution in [0.4, 0.5) is 0 Å². The summed E-state index contributed by atoms with van der Waals surface area (Å²) in [5, 5.41) is 15.1. The maximum atomic E-state index is 9.48. The van der Waals surface area contributed by atoms with E-state index in [4.69, 9.17) is 10.3 Å². The zero-order valence-corrected chi connectivity index (χ0v) is 10.4. The normalized spacial score (nSPS) is 12.1. The van der Waals surface area contributed by atoms with Crippen LogP contribution in [-0.2, 0) is 11.3 Å². The van der Waals surface area contributed by atoms with Crippen molar-refractivity contribution < 1.29 is 9.84 Å². The number of fused-ring (bicyclic) bond motifs is 1. The van der Waals surface area contributed by atoms with E-state index in [9.17, 15) is 5.11 Å². The Morgan fingerprint density at radius 1 is 1.21 bits per heavy atom. The number of hydrogen-bond acceptors (Lipinski definition) is 3. The van der Waals surface area contributed by atoms with Crippen LogP contribution in [0.5, 0.6) is 0 Å². The van der Waals surface area contributed by atoms with Crippen LogP contribution in [-0.4, -0.2) is 24.4 Å².